The minimum atomic E-state index is -4.77. The maximum Gasteiger partial charge on any atom is 0.421 e. The summed E-state index contributed by atoms with van der Waals surface area (Å²) in [4.78, 5) is 35.4. The quantitative estimate of drug-likeness (QED) is 0.798. The first-order valence-corrected chi connectivity index (χ1v) is 8.60. The summed E-state index contributed by atoms with van der Waals surface area (Å²) in [5, 5.41) is 5.35. The van der Waals surface area contributed by atoms with Crippen molar-refractivity contribution in [3.63, 3.8) is 0 Å². The standard InChI is InChI=1S/C17H22F3N3O3/c18-17(19,20)13-7-4-10-23(16(13)26)11-15(25)21-9-8-14(24)22-12-5-2-1-3-6-12/h4,7,10,12H,1-3,5-6,8-9,11H2,(H,21,25)(H,22,24). The fourth-order valence-corrected chi connectivity index (χ4v) is 2.95. The largest absolute Gasteiger partial charge is 0.421 e. The van der Waals surface area contributed by atoms with Gasteiger partial charge in [0.25, 0.3) is 5.56 Å². The van der Waals surface area contributed by atoms with Crippen LogP contribution < -0.4 is 16.2 Å². The average Bonchev–Trinajstić information content (AvgIpc) is 2.56. The molecule has 0 aliphatic heterocycles. The lowest BCUT2D eigenvalue weighted by Gasteiger charge is -2.22. The number of carbonyl (C=O) groups is 2. The highest BCUT2D eigenvalue weighted by molar-refractivity contribution is 5.79. The van der Waals surface area contributed by atoms with Crippen LogP contribution in [0.2, 0.25) is 0 Å². The normalized spacial score (nSPS) is 15.5. The van der Waals surface area contributed by atoms with Crippen molar-refractivity contribution in [3.8, 4) is 0 Å². The summed E-state index contributed by atoms with van der Waals surface area (Å²) in [6.45, 7) is -0.474. The second-order valence-corrected chi connectivity index (χ2v) is 6.36. The number of pyridine rings is 1. The van der Waals surface area contributed by atoms with Gasteiger partial charge in [0.1, 0.15) is 12.1 Å². The number of amides is 2. The molecule has 0 bridgehead atoms. The van der Waals surface area contributed by atoms with E-state index in [4.69, 9.17) is 0 Å². The zero-order valence-electron chi connectivity index (χ0n) is 14.3. The van der Waals surface area contributed by atoms with Crippen molar-refractivity contribution in [2.24, 2.45) is 0 Å². The topological polar surface area (TPSA) is 80.2 Å². The van der Waals surface area contributed by atoms with Crippen LogP contribution in [0.5, 0.6) is 0 Å². The molecule has 1 aromatic rings. The number of halogens is 3. The van der Waals surface area contributed by atoms with Crippen LogP contribution in [0.4, 0.5) is 13.2 Å². The number of hydrogen-bond acceptors (Lipinski definition) is 3. The van der Waals surface area contributed by atoms with Crippen LogP contribution in [0.3, 0.4) is 0 Å². The molecule has 0 radical (unpaired) electrons. The third kappa shape index (κ3) is 5.89. The van der Waals surface area contributed by atoms with E-state index < -0.39 is 29.8 Å². The molecule has 1 heterocycles. The molecule has 1 saturated carbocycles. The molecule has 2 amide bonds. The van der Waals surface area contributed by atoms with Gasteiger partial charge in [0.15, 0.2) is 0 Å². The molecule has 1 aliphatic rings. The Kier molecular flexibility index (Phi) is 6.82. The molecule has 9 heteroatoms. The Hall–Kier alpha value is -2.32. The number of nitrogens with zero attached hydrogens (tertiary/aromatic N) is 1. The van der Waals surface area contributed by atoms with Crippen LogP contribution in [0.1, 0.15) is 44.1 Å². The Morgan fingerprint density at radius 3 is 2.50 bits per heavy atom. The molecule has 0 spiro atoms. The van der Waals surface area contributed by atoms with E-state index >= 15 is 0 Å². The first-order valence-electron chi connectivity index (χ1n) is 8.60. The van der Waals surface area contributed by atoms with Gasteiger partial charge in [0.05, 0.1) is 0 Å². The van der Waals surface area contributed by atoms with E-state index in [1.54, 1.807) is 0 Å². The minimum Gasteiger partial charge on any atom is -0.354 e. The van der Waals surface area contributed by atoms with Gasteiger partial charge in [-0.25, -0.2) is 0 Å². The Morgan fingerprint density at radius 1 is 1.15 bits per heavy atom. The monoisotopic (exact) mass is 373 g/mol. The fourth-order valence-electron chi connectivity index (χ4n) is 2.95. The number of hydrogen-bond donors (Lipinski definition) is 2. The van der Waals surface area contributed by atoms with Gasteiger partial charge in [-0.2, -0.15) is 13.2 Å². The molecule has 1 fully saturated rings. The van der Waals surface area contributed by atoms with Gasteiger partial charge in [0.2, 0.25) is 11.8 Å². The number of carbonyl (C=O) groups excluding carboxylic acids is 2. The minimum absolute atomic E-state index is 0.0606. The summed E-state index contributed by atoms with van der Waals surface area (Å²) in [6, 6.07) is 1.91. The van der Waals surface area contributed by atoms with Crippen molar-refractivity contribution in [1.82, 2.24) is 15.2 Å². The van der Waals surface area contributed by atoms with E-state index in [0.29, 0.717) is 10.6 Å². The van der Waals surface area contributed by atoms with E-state index in [-0.39, 0.29) is 24.9 Å². The summed E-state index contributed by atoms with van der Waals surface area (Å²) >= 11 is 0. The number of rotatable bonds is 6. The van der Waals surface area contributed by atoms with Crippen LogP contribution in [0, 0.1) is 0 Å². The summed E-state index contributed by atoms with van der Waals surface area (Å²) < 4.78 is 38.8. The third-order valence-corrected chi connectivity index (χ3v) is 4.28. The molecule has 2 rings (SSSR count). The Morgan fingerprint density at radius 2 is 1.85 bits per heavy atom. The van der Waals surface area contributed by atoms with E-state index in [1.807, 2.05) is 0 Å². The number of alkyl halides is 3. The summed E-state index contributed by atoms with van der Waals surface area (Å²) in [5.41, 5.74) is -2.59. The van der Waals surface area contributed by atoms with E-state index in [1.165, 1.54) is 6.42 Å². The van der Waals surface area contributed by atoms with Crippen molar-refractivity contribution in [2.75, 3.05) is 6.54 Å². The molecule has 144 valence electrons. The van der Waals surface area contributed by atoms with Crippen molar-refractivity contribution < 1.29 is 22.8 Å². The SMILES string of the molecule is O=C(Cn1cccc(C(F)(F)F)c1=O)NCCC(=O)NC1CCCCC1. The highest BCUT2D eigenvalue weighted by Crippen LogP contribution is 2.25. The van der Waals surface area contributed by atoms with Crippen molar-refractivity contribution >= 4 is 11.8 Å². The highest BCUT2D eigenvalue weighted by atomic mass is 19.4. The van der Waals surface area contributed by atoms with Crippen molar-refractivity contribution in [3.05, 3.63) is 34.2 Å². The fraction of sp³-hybridized carbons (Fsp3) is 0.588. The van der Waals surface area contributed by atoms with Gasteiger partial charge >= 0.3 is 6.18 Å². The second kappa shape index (κ2) is 8.86. The molecule has 0 saturated heterocycles. The van der Waals surface area contributed by atoms with Crippen molar-refractivity contribution in [1.29, 1.82) is 0 Å². The lowest BCUT2D eigenvalue weighted by atomic mass is 9.95. The van der Waals surface area contributed by atoms with Gasteiger partial charge in [-0.05, 0) is 25.0 Å². The van der Waals surface area contributed by atoms with Crippen LogP contribution in [0.15, 0.2) is 23.1 Å². The van der Waals surface area contributed by atoms with E-state index in [0.717, 1.165) is 37.9 Å². The van der Waals surface area contributed by atoms with Gasteiger partial charge in [0, 0.05) is 25.2 Å². The summed E-state index contributed by atoms with van der Waals surface area (Å²) in [6.07, 6.45) is 1.70. The van der Waals surface area contributed by atoms with Gasteiger partial charge < -0.3 is 15.2 Å². The molecule has 1 aliphatic carbocycles. The summed E-state index contributed by atoms with van der Waals surface area (Å²) in [7, 11) is 0. The van der Waals surface area contributed by atoms with Crippen LogP contribution in [-0.4, -0.2) is 29.0 Å². The second-order valence-electron chi connectivity index (χ2n) is 6.36. The highest BCUT2D eigenvalue weighted by Gasteiger charge is 2.34. The molecule has 1 aromatic heterocycles. The maximum atomic E-state index is 12.7. The molecule has 0 unspecified atom stereocenters. The number of aromatic nitrogens is 1. The van der Waals surface area contributed by atoms with Crippen LogP contribution >= 0.6 is 0 Å². The van der Waals surface area contributed by atoms with Gasteiger partial charge in [-0.15, -0.1) is 0 Å². The first-order chi connectivity index (χ1) is 12.3. The lowest BCUT2D eigenvalue weighted by molar-refractivity contribution is -0.139. The Bertz CT molecular complexity index is 694. The van der Waals surface area contributed by atoms with E-state index in [9.17, 15) is 27.6 Å². The van der Waals surface area contributed by atoms with E-state index in [2.05, 4.69) is 10.6 Å². The molecular weight excluding hydrogens is 351 g/mol. The van der Waals surface area contributed by atoms with Gasteiger partial charge in [-0.3, -0.25) is 14.4 Å². The third-order valence-electron chi connectivity index (χ3n) is 4.28. The Labute approximate surface area is 148 Å². The zero-order valence-corrected chi connectivity index (χ0v) is 14.3. The lowest BCUT2D eigenvalue weighted by Crippen LogP contribution is -2.39. The van der Waals surface area contributed by atoms with Crippen molar-refractivity contribution in [2.45, 2.75) is 57.3 Å². The molecule has 26 heavy (non-hydrogen) atoms. The zero-order chi connectivity index (χ0) is 19.2. The molecule has 6 nitrogen and oxygen atoms in total. The summed E-state index contributed by atoms with van der Waals surface area (Å²) in [5.74, 6) is -0.801. The van der Waals surface area contributed by atoms with Gasteiger partial charge in [-0.1, -0.05) is 19.3 Å². The predicted octanol–water partition coefficient (Wildman–Crippen LogP) is 1.82. The predicted molar refractivity (Wildman–Crippen MR) is 88.3 cm³/mol. The van der Waals surface area contributed by atoms with Crippen LogP contribution in [0.25, 0.3) is 0 Å². The molecular formula is C17H22F3N3O3. The number of nitrogens with one attached hydrogen (secondary N) is 2. The molecule has 2 N–H and O–H groups in total. The smallest absolute Gasteiger partial charge is 0.354 e. The molecule has 0 aromatic carbocycles. The maximum absolute atomic E-state index is 12.7. The first kappa shape index (κ1) is 20.0. The van der Waals surface area contributed by atoms with Crippen LogP contribution in [-0.2, 0) is 22.3 Å². The average molecular weight is 373 g/mol. The Balaban J connectivity index is 1.78. The molecule has 0 atom stereocenters.